The van der Waals surface area contributed by atoms with E-state index in [9.17, 15) is 0 Å². The first-order valence-corrected chi connectivity index (χ1v) is 9.51. The molecule has 7 nitrogen and oxygen atoms in total. The van der Waals surface area contributed by atoms with Crippen LogP contribution in [-0.4, -0.2) is 50.7 Å². The van der Waals surface area contributed by atoms with Gasteiger partial charge < -0.3 is 20.4 Å². The predicted molar refractivity (Wildman–Crippen MR) is 105 cm³/mol. The number of aromatic nitrogens is 2. The Labute approximate surface area is 151 Å². The van der Waals surface area contributed by atoms with Crippen molar-refractivity contribution in [3.8, 4) is 0 Å². The zero-order valence-electron chi connectivity index (χ0n) is 14.8. The molecule has 0 aromatic carbocycles. The molecule has 0 aliphatic rings. The summed E-state index contributed by atoms with van der Waals surface area (Å²) in [4.78, 5) is 17.7. The lowest BCUT2D eigenvalue weighted by atomic mass is 10.5. The fraction of sp³-hybridized carbons (Fsp3) is 0.533. The van der Waals surface area contributed by atoms with Crippen LogP contribution in [0.15, 0.2) is 15.8 Å². The molecule has 2 heterocycles. The van der Waals surface area contributed by atoms with Crippen molar-refractivity contribution >= 4 is 38.9 Å². The molecule has 2 rings (SSSR count). The lowest BCUT2D eigenvalue weighted by Gasteiger charge is -2.10. The molecule has 0 bridgehead atoms. The highest BCUT2D eigenvalue weighted by Crippen LogP contribution is 2.19. The molecule has 0 amide bonds. The van der Waals surface area contributed by atoms with Gasteiger partial charge in [-0.15, -0.1) is 22.7 Å². The Hall–Kier alpha value is -1.87. The van der Waals surface area contributed by atoms with Crippen LogP contribution >= 0.6 is 22.7 Å². The second-order valence-electron chi connectivity index (χ2n) is 5.58. The average molecular weight is 368 g/mol. The van der Waals surface area contributed by atoms with Gasteiger partial charge in [-0.3, -0.25) is 0 Å². The highest BCUT2D eigenvalue weighted by atomic mass is 32.1. The van der Waals surface area contributed by atoms with E-state index in [1.54, 1.807) is 22.7 Å². The maximum Gasteiger partial charge on any atom is 0.191 e. The molecule has 0 fully saturated rings. The van der Waals surface area contributed by atoms with E-state index in [0.717, 1.165) is 34.2 Å². The molecule has 0 saturated heterocycles. The van der Waals surface area contributed by atoms with Crippen LogP contribution in [0.3, 0.4) is 0 Å². The summed E-state index contributed by atoms with van der Waals surface area (Å²) in [5, 5.41) is 12.7. The molecule has 132 valence electrons. The molecule has 0 radical (unpaired) electrons. The fourth-order valence-corrected chi connectivity index (χ4v) is 3.34. The smallest absolute Gasteiger partial charge is 0.191 e. The van der Waals surface area contributed by atoms with E-state index < -0.39 is 0 Å². The van der Waals surface area contributed by atoms with E-state index in [2.05, 4.69) is 37.9 Å². The van der Waals surface area contributed by atoms with E-state index in [4.69, 9.17) is 0 Å². The fourth-order valence-electron chi connectivity index (χ4n) is 1.83. The van der Waals surface area contributed by atoms with Crippen LogP contribution < -0.4 is 20.4 Å². The van der Waals surface area contributed by atoms with E-state index in [1.165, 1.54) is 0 Å². The molecule has 0 aliphatic carbocycles. The van der Waals surface area contributed by atoms with E-state index in [1.807, 2.05) is 43.4 Å². The van der Waals surface area contributed by atoms with Crippen LogP contribution in [0.1, 0.15) is 18.3 Å². The highest BCUT2D eigenvalue weighted by molar-refractivity contribution is 7.14. The Morgan fingerprint density at radius 1 is 1.00 bits per heavy atom. The first-order chi connectivity index (χ1) is 11.5. The minimum atomic E-state index is 0.555. The SMILES string of the molecule is CCNC(=NCc1csc(N(C)C)n1)NCc1csc(N(C)C)n1. The van der Waals surface area contributed by atoms with Gasteiger partial charge in [0.15, 0.2) is 16.2 Å². The molecule has 0 spiro atoms. The monoisotopic (exact) mass is 367 g/mol. The second-order valence-corrected chi connectivity index (χ2v) is 7.25. The number of anilines is 2. The summed E-state index contributed by atoms with van der Waals surface area (Å²) in [5.74, 6) is 0.774. The maximum absolute atomic E-state index is 4.60. The van der Waals surface area contributed by atoms with Crippen molar-refractivity contribution in [2.45, 2.75) is 20.0 Å². The van der Waals surface area contributed by atoms with Crippen molar-refractivity contribution in [2.75, 3.05) is 44.5 Å². The van der Waals surface area contributed by atoms with Gasteiger partial charge in [0.1, 0.15) is 0 Å². The normalized spacial score (nSPS) is 11.5. The lowest BCUT2D eigenvalue weighted by Crippen LogP contribution is -2.36. The average Bonchev–Trinajstić information content (AvgIpc) is 3.19. The Balaban J connectivity index is 1.94. The van der Waals surface area contributed by atoms with Crippen molar-refractivity contribution in [3.63, 3.8) is 0 Å². The molecule has 24 heavy (non-hydrogen) atoms. The number of aliphatic imine (C=N–C) groups is 1. The number of rotatable bonds is 7. The number of thiazole rings is 2. The Bertz CT molecular complexity index is 660. The van der Waals surface area contributed by atoms with Crippen molar-refractivity contribution in [2.24, 2.45) is 4.99 Å². The van der Waals surface area contributed by atoms with Gasteiger partial charge in [-0.2, -0.15) is 0 Å². The van der Waals surface area contributed by atoms with Crippen LogP contribution in [0, 0.1) is 0 Å². The summed E-state index contributed by atoms with van der Waals surface area (Å²) < 4.78 is 0. The molecular weight excluding hydrogens is 342 g/mol. The van der Waals surface area contributed by atoms with Crippen LogP contribution in [0.5, 0.6) is 0 Å². The Morgan fingerprint density at radius 3 is 2.12 bits per heavy atom. The summed E-state index contributed by atoms with van der Waals surface area (Å²) in [6, 6.07) is 0. The maximum atomic E-state index is 4.60. The quantitative estimate of drug-likeness (QED) is 0.576. The first kappa shape index (κ1) is 18.5. The molecule has 2 aromatic rings. The second kappa shape index (κ2) is 8.84. The summed E-state index contributed by atoms with van der Waals surface area (Å²) >= 11 is 3.27. The number of nitrogens with one attached hydrogen (secondary N) is 2. The third-order valence-electron chi connectivity index (χ3n) is 3.02. The molecular formula is C15H25N7S2. The van der Waals surface area contributed by atoms with Gasteiger partial charge in [-0.25, -0.2) is 15.0 Å². The molecule has 2 N–H and O–H groups in total. The summed E-state index contributed by atoms with van der Waals surface area (Å²) in [6.07, 6.45) is 0. The van der Waals surface area contributed by atoms with E-state index in [-0.39, 0.29) is 0 Å². The third-order valence-corrected chi connectivity index (χ3v) is 5.14. The topological polar surface area (TPSA) is 68.7 Å². The highest BCUT2D eigenvalue weighted by Gasteiger charge is 2.06. The van der Waals surface area contributed by atoms with Crippen molar-refractivity contribution in [1.29, 1.82) is 0 Å². The molecule has 0 unspecified atom stereocenters. The van der Waals surface area contributed by atoms with Gasteiger partial charge in [-0.05, 0) is 6.92 Å². The van der Waals surface area contributed by atoms with Gasteiger partial charge in [0.2, 0.25) is 0 Å². The number of hydrogen-bond acceptors (Lipinski definition) is 7. The minimum Gasteiger partial charge on any atom is -0.357 e. The zero-order chi connectivity index (χ0) is 17.5. The minimum absolute atomic E-state index is 0.555. The molecule has 0 aliphatic heterocycles. The van der Waals surface area contributed by atoms with Crippen molar-refractivity contribution in [3.05, 3.63) is 22.1 Å². The van der Waals surface area contributed by atoms with Crippen LogP contribution in [0.25, 0.3) is 0 Å². The molecule has 9 heteroatoms. The summed E-state index contributed by atoms with van der Waals surface area (Å²) in [5.41, 5.74) is 1.99. The standard InChI is InChI=1S/C15H25N7S2/c1-6-16-13(17-7-11-9-23-14(19-11)21(2)3)18-8-12-10-24-15(20-12)22(4)5/h9-10H,6-8H2,1-5H3,(H2,16,17,18). The van der Waals surface area contributed by atoms with E-state index in [0.29, 0.717) is 13.1 Å². The van der Waals surface area contributed by atoms with Gasteiger partial charge in [0, 0.05) is 45.5 Å². The van der Waals surface area contributed by atoms with Gasteiger partial charge in [0.25, 0.3) is 0 Å². The Morgan fingerprint density at radius 2 is 1.58 bits per heavy atom. The van der Waals surface area contributed by atoms with E-state index >= 15 is 0 Å². The molecule has 0 saturated carbocycles. The van der Waals surface area contributed by atoms with Crippen LogP contribution in [0.2, 0.25) is 0 Å². The predicted octanol–water partition coefficient (Wildman–Crippen LogP) is 1.99. The zero-order valence-corrected chi connectivity index (χ0v) is 16.5. The van der Waals surface area contributed by atoms with Crippen molar-refractivity contribution in [1.82, 2.24) is 20.6 Å². The first-order valence-electron chi connectivity index (χ1n) is 7.75. The summed E-state index contributed by atoms with van der Waals surface area (Å²) in [7, 11) is 7.98. The van der Waals surface area contributed by atoms with Gasteiger partial charge >= 0.3 is 0 Å². The number of guanidine groups is 1. The number of hydrogen-bond donors (Lipinski definition) is 2. The van der Waals surface area contributed by atoms with Crippen LogP contribution in [-0.2, 0) is 13.1 Å². The molecule has 2 aromatic heterocycles. The molecule has 0 atom stereocenters. The summed E-state index contributed by atoms with van der Waals surface area (Å²) in [6.45, 7) is 4.07. The number of nitrogens with zero attached hydrogens (tertiary/aromatic N) is 5. The Kier molecular flexibility index (Phi) is 6.80. The van der Waals surface area contributed by atoms with Gasteiger partial charge in [0.05, 0.1) is 24.5 Å². The van der Waals surface area contributed by atoms with Crippen molar-refractivity contribution < 1.29 is 0 Å². The lowest BCUT2D eigenvalue weighted by molar-refractivity contribution is 0.800. The third kappa shape index (κ3) is 5.34. The largest absolute Gasteiger partial charge is 0.357 e. The van der Waals surface area contributed by atoms with Gasteiger partial charge in [-0.1, -0.05) is 0 Å². The van der Waals surface area contributed by atoms with Crippen LogP contribution in [0.4, 0.5) is 10.3 Å².